The zero-order chi connectivity index (χ0) is 4.83. The minimum atomic E-state index is 0. The molecule has 2 nitrogen and oxygen atoms in total. The molecule has 0 heterocycles. The second kappa shape index (κ2) is 16.0. The fourth-order valence-corrected chi connectivity index (χ4v) is 0.106. The van der Waals surface area contributed by atoms with Gasteiger partial charge in [-0.05, 0) is 0 Å². The Morgan fingerprint density at radius 2 is 2.00 bits per heavy atom. The molecule has 0 spiro atoms. The van der Waals surface area contributed by atoms with Crippen LogP contribution in [0.4, 0.5) is 0 Å². The van der Waals surface area contributed by atoms with Crippen molar-refractivity contribution < 1.29 is 0 Å². The zero-order valence-corrected chi connectivity index (χ0v) is 5.76. The molecule has 0 saturated carbocycles. The van der Waals surface area contributed by atoms with Crippen molar-refractivity contribution in [1.82, 2.24) is 0 Å². The predicted octanol–water partition coefficient (Wildman–Crippen LogP) is 1.66. The molecule has 0 atom stereocenters. The summed E-state index contributed by atoms with van der Waals surface area (Å²) in [6.07, 6.45) is 0.365. The van der Waals surface area contributed by atoms with Crippen LogP contribution in [0.3, 0.4) is 0 Å². The molecule has 0 aliphatic rings. The molecule has 4 heteroatoms. The van der Waals surface area contributed by atoms with Crippen LogP contribution in [0.2, 0.25) is 0 Å². The highest BCUT2D eigenvalue weighted by atomic mass is 35.5. The van der Waals surface area contributed by atoms with E-state index in [1.165, 1.54) is 0 Å². The Balaban J connectivity index is -0.000000125. The highest BCUT2D eigenvalue weighted by Crippen LogP contribution is 1.72. The van der Waals surface area contributed by atoms with Gasteiger partial charge in [0.1, 0.15) is 6.42 Å². The second-order valence-corrected chi connectivity index (χ2v) is 0.790. The van der Waals surface area contributed by atoms with Crippen LogP contribution < -0.4 is 0 Å². The van der Waals surface area contributed by atoms with Gasteiger partial charge in [-0.15, -0.1) is 24.8 Å². The van der Waals surface area contributed by atoms with Crippen molar-refractivity contribution >= 4 is 24.8 Å². The lowest BCUT2D eigenvalue weighted by atomic mass is 10.5. The Kier molecular flexibility index (Phi) is 31.3. The lowest BCUT2D eigenvalue weighted by molar-refractivity contribution is 1.15. The minimum Gasteiger partial charge on any atom is -0.316 e. The average Bonchev–Trinajstić information content (AvgIpc) is 1.61. The molecule has 46 valence electrons. The monoisotopic (exact) mass is 152 g/mol. The standard InChI is InChI=1S/C4H4N2.2ClH/c1-6-4-2-3-5;;/h2,4H2;2*1H. The Bertz CT molecular complexity index is 85.6. The van der Waals surface area contributed by atoms with E-state index >= 15 is 0 Å². The van der Waals surface area contributed by atoms with Crippen molar-refractivity contribution in [2.75, 3.05) is 6.54 Å². The van der Waals surface area contributed by atoms with Gasteiger partial charge >= 0.3 is 0 Å². The lowest BCUT2D eigenvalue weighted by Crippen LogP contribution is -1.66. The molecule has 0 bridgehead atoms. The second-order valence-electron chi connectivity index (χ2n) is 0.790. The Morgan fingerprint density at radius 3 is 2.12 bits per heavy atom. The molecule has 0 N–H and O–H groups in total. The maximum atomic E-state index is 7.80. The summed E-state index contributed by atoms with van der Waals surface area (Å²) in [4.78, 5) is 2.95. The van der Waals surface area contributed by atoms with Gasteiger partial charge in [0, 0.05) is 0 Å². The average molecular weight is 153 g/mol. The normalized spacial score (nSPS) is 4.25. The van der Waals surface area contributed by atoms with E-state index in [4.69, 9.17) is 11.8 Å². The van der Waals surface area contributed by atoms with Crippen LogP contribution in [0.15, 0.2) is 0 Å². The van der Waals surface area contributed by atoms with Crippen molar-refractivity contribution in [2.45, 2.75) is 6.42 Å². The Morgan fingerprint density at radius 1 is 1.50 bits per heavy atom. The summed E-state index contributed by atoms with van der Waals surface area (Å²) in [5, 5.41) is 7.80. The summed E-state index contributed by atoms with van der Waals surface area (Å²) < 4.78 is 0. The van der Waals surface area contributed by atoms with Crippen molar-refractivity contribution in [3.8, 4) is 6.07 Å². The fourth-order valence-electron chi connectivity index (χ4n) is 0.106. The molecule has 0 aromatic heterocycles. The van der Waals surface area contributed by atoms with Crippen molar-refractivity contribution in [3.63, 3.8) is 0 Å². The third kappa shape index (κ3) is 17.6. The molecule has 0 radical (unpaired) electrons. The van der Waals surface area contributed by atoms with Crippen LogP contribution in [-0.4, -0.2) is 6.54 Å². The van der Waals surface area contributed by atoms with Gasteiger partial charge < -0.3 is 4.85 Å². The predicted molar refractivity (Wildman–Crippen MR) is 36.2 cm³/mol. The molecule has 0 saturated heterocycles. The minimum absolute atomic E-state index is 0. The van der Waals surface area contributed by atoms with Gasteiger partial charge in [0.15, 0.2) is 0 Å². The Labute approximate surface area is 61.1 Å². The number of hydrogen-bond donors (Lipinski definition) is 0. The number of rotatable bonds is 1. The molecule has 0 rings (SSSR count). The molecular weight excluding hydrogens is 147 g/mol. The first-order valence-electron chi connectivity index (χ1n) is 1.62. The van der Waals surface area contributed by atoms with Crippen molar-refractivity contribution in [2.24, 2.45) is 0 Å². The first-order valence-corrected chi connectivity index (χ1v) is 1.62. The molecule has 0 aliphatic carbocycles. The van der Waals surface area contributed by atoms with Crippen LogP contribution in [-0.2, 0) is 0 Å². The summed E-state index contributed by atoms with van der Waals surface area (Å²) in [6, 6.07) is 1.85. The summed E-state index contributed by atoms with van der Waals surface area (Å²) in [7, 11) is 0. The Hall–Kier alpha value is -0.440. The van der Waals surface area contributed by atoms with E-state index in [9.17, 15) is 0 Å². The van der Waals surface area contributed by atoms with Gasteiger partial charge in [-0.1, -0.05) is 0 Å². The molecule has 0 unspecified atom stereocenters. The smallest absolute Gasteiger partial charge is 0.227 e. The molecule has 8 heavy (non-hydrogen) atoms. The van der Waals surface area contributed by atoms with Crippen LogP contribution >= 0.6 is 24.8 Å². The highest BCUT2D eigenvalue weighted by molar-refractivity contribution is 5.85. The highest BCUT2D eigenvalue weighted by Gasteiger charge is 1.76. The first-order chi connectivity index (χ1) is 2.91. The molecule has 0 fully saturated rings. The van der Waals surface area contributed by atoms with Crippen molar-refractivity contribution in [1.29, 1.82) is 5.26 Å². The summed E-state index contributed by atoms with van der Waals surface area (Å²) >= 11 is 0. The lowest BCUT2D eigenvalue weighted by Gasteiger charge is -1.64. The third-order valence-corrected chi connectivity index (χ3v) is 0.335. The van der Waals surface area contributed by atoms with Gasteiger partial charge in [-0.25, -0.2) is 6.57 Å². The van der Waals surface area contributed by atoms with Crippen LogP contribution in [0.5, 0.6) is 0 Å². The molecule has 0 aromatic carbocycles. The molecule has 0 aromatic rings. The summed E-state index contributed by atoms with van der Waals surface area (Å²) in [5.74, 6) is 0. The van der Waals surface area contributed by atoms with Crippen LogP contribution in [0.1, 0.15) is 6.42 Å². The van der Waals surface area contributed by atoms with Crippen LogP contribution in [0, 0.1) is 17.9 Å². The largest absolute Gasteiger partial charge is 0.316 e. The van der Waals surface area contributed by atoms with E-state index in [0.717, 1.165) is 0 Å². The van der Waals surface area contributed by atoms with Gasteiger partial charge in [0.2, 0.25) is 6.54 Å². The number of halogens is 2. The van der Waals surface area contributed by atoms with Gasteiger partial charge in [-0.2, -0.15) is 5.26 Å². The number of nitrogens with zero attached hydrogens (tertiary/aromatic N) is 2. The van der Waals surface area contributed by atoms with E-state index in [-0.39, 0.29) is 24.8 Å². The number of hydrogen-bond acceptors (Lipinski definition) is 1. The van der Waals surface area contributed by atoms with Gasteiger partial charge in [-0.3, -0.25) is 0 Å². The maximum absolute atomic E-state index is 7.80. The summed E-state index contributed by atoms with van der Waals surface area (Å²) in [5.41, 5.74) is 0. The summed E-state index contributed by atoms with van der Waals surface area (Å²) in [6.45, 7) is 6.52. The van der Waals surface area contributed by atoms with E-state index < -0.39 is 0 Å². The van der Waals surface area contributed by atoms with Gasteiger partial charge in [0.25, 0.3) is 0 Å². The molecular formula is C4H6Cl2N2. The number of nitriles is 1. The van der Waals surface area contributed by atoms with Crippen molar-refractivity contribution in [3.05, 3.63) is 11.4 Å². The van der Waals surface area contributed by atoms with E-state index in [1.54, 1.807) is 0 Å². The fraction of sp³-hybridized carbons (Fsp3) is 0.500. The van der Waals surface area contributed by atoms with E-state index in [1.807, 2.05) is 6.07 Å². The van der Waals surface area contributed by atoms with Gasteiger partial charge in [0.05, 0.1) is 6.07 Å². The molecule has 0 amide bonds. The third-order valence-electron chi connectivity index (χ3n) is 0.335. The SMILES string of the molecule is Cl.Cl.[C-]#[N+]CCC#N. The molecule has 0 aliphatic heterocycles. The zero-order valence-electron chi connectivity index (χ0n) is 4.13. The van der Waals surface area contributed by atoms with E-state index in [0.29, 0.717) is 13.0 Å². The van der Waals surface area contributed by atoms with Crippen LogP contribution in [0.25, 0.3) is 4.85 Å². The first kappa shape index (κ1) is 15.6. The maximum Gasteiger partial charge on any atom is 0.227 e. The topological polar surface area (TPSA) is 28.1 Å². The van der Waals surface area contributed by atoms with E-state index in [2.05, 4.69) is 4.85 Å². The quantitative estimate of drug-likeness (QED) is 0.415.